The van der Waals surface area contributed by atoms with E-state index in [1.165, 1.54) is 13.3 Å². The minimum Gasteiger partial charge on any atom is -0.465 e. The second-order valence-electron chi connectivity index (χ2n) is 2.84. The number of methoxy groups -OCH3 is 1. The first-order valence-electron chi connectivity index (χ1n) is 4.54. The second kappa shape index (κ2) is 5.55. The summed E-state index contributed by atoms with van der Waals surface area (Å²) in [6.07, 6.45) is 1.25. The van der Waals surface area contributed by atoms with Gasteiger partial charge in [0.2, 0.25) is 0 Å². The largest absolute Gasteiger partial charge is 0.465 e. The topological polar surface area (TPSA) is 67.4 Å². The number of amides is 2. The number of hydrogen-bond donors (Lipinski definition) is 2. The second-order valence-corrected chi connectivity index (χ2v) is 2.84. The van der Waals surface area contributed by atoms with Crippen LogP contribution in [0.25, 0.3) is 0 Å². The van der Waals surface area contributed by atoms with Gasteiger partial charge in [-0.25, -0.2) is 9.59 Å². The molecule has 0 heterocycles. The number of carbonyl (C=O) groups is 2. The molecule has 0 unspecified atom stereocenters. The lowest BCUT2D eigenvalue weighted by molar-refractivity contribution is 0.0602. The molecule has 0 atom stereocenters. The Morgan fingerprint density at radius 2 is 2.06 bits per heavy atom. The van der Waals surface area contributed by atoms with Gasteiger partial charge in [0.25, 0.3) is 0 Å². The third kappa shape index (κ3) is 2.84. The van der Waals surface area contributed by atoms with Crippen LogP contribution >= 0.6 is 0 Å². The molecule has 0 spiro atoms. The van der Waals surface area contributed by atoms with Crippen molar-refractivity contribution >= 4 is 17.7 Å². The Balaban J connectivity index is 2.90. The van der Waals surface area contributed by atoms with E-state index in [1.54, 1.807) is 24.3 Å². The molecular formula is C11H12N2O3. The fourth-order valence-electron chi connectivity index (χ4n) is 1.13. The molecule has 1 aromatic rings. The first kappa shape index (κ1) is 11.8. The smallest absolute Gasteiger partial charge is 0.339 e. The monoisotopic (exact) mass is 220 g/mol. The van der Waals surface area contributed by atoms with Crippen LogP contribution < -0.4 is 10.6 Å². The number of urea groups is 1. The van der Waals surface area contributed by atoms with E-state index in [2.05, 4.69) is 21.9 Å². The Kier molecular flexibility index (Phi) is 4.08. The summed E-state index contributed by atoms with van der Waals surface area (Å²) in [6.45, 7) is 3.35. The summed E-state index contributed by atoms with van der Waals surface area (Å²) < 4.78 is 4.59. The average molecular weight is 220 g/mol. The molecule has 0 saturated heterocycles. The first-order valence-corrected chi connectivity index (χ1v) is 4.54. The van der Waals surface area contributed by atoms with E-state index in [0.29, 0.717) is 11.3 Å². The maximum absolute atomic E-state index is 11.4. The van der Waals surface area contributed by atoms with Crippen LogP contribution in [0.15, 0.2) is 37.0 Å². The number of nitrogens with one attached hydrogen (secondary N) is 2. The van der Waals surface area contributed by atoms with Crippen LogP contribution in [0, 0.1) is 0 Å². The van der Waals surface area contributed by atoms with Gasteiger partial charge in [0.1, 0.15) is 0 Å². The summed E-state index contributed by atoms with van der Waals surface area (Å²) in [4.78, 5) is 22.6. The molecule has 0 saturated carbocycles. The quantitative estimate of drug-likeness (QED) is 0.762. The van der Waals surface area contributed by atoms with Crippen molar-refractivity contribution in [2.75, 3.05) is 12.4 Å². The van der Waals surface area contributed by atoms with Crippen LogP contribution in [0.5, 0.6) is 0 Å². The van der Waals surface area contributed by atoms with E-state index in [0.717, 1.165) is 0 Å². The number of hydrogen-bond acceptors (Lipinski definition) is 3. The molecule has 0 aromatic heterocycles. The lowest BCUT2D eigenvalue weighted by atomic mass is 10.2. The third-order valence-electron chi connectivity index (χ3n) is 1.81. The molecule has 0 aliphatic heterocycles. The normalized spacial score (nSPS) is 9.06. The highest BCUT2D eigenvalue weighted by atomic mass is 16.5. The van der Waals surface area contributed by atoms with Crippen molar-refractivity contribution in [2.45, 2.75) is 0 Å². The average Bonchev–Trinajstić information content (AvgIpc) is 2.29. The van der Waals surface area contributed by atoms with E-state index in [4.69, 9.17) is 0 Å². The van der Waals surface area contributed by atoms with Gasteiger partial charge in [-0.05, 0) is 18.3 Å². The van der Waals surface area contributed by atoms with Gasteiger partial charge in [-0.3, -0.25) is 0 Å². The molecule has 1 aromatic carbocycles. The minimum atomic E-state index is -0.505. The lowest BCUT2D eigenvalue weighted by Gasteiger charge is -2.08. The predicted molar refractivity (Wildman–Crippen MR) is 60.1 cm³/mol. The number of para-hydroxylation sites is 1. The number of carbonyl (C=O) groups excluding carboxylic acids is 2. The van der Waals surface area contributed by atoms with Gasteiger partial charge in [-0.1, -0.05) is 18.7 Å². The lowest BCUT2D eigenvalue weighted by Crippen LogP contribution is -2.24. The third-order valence-corrected chi connectivity index (χ3v) is 1.81. The fourth-order valence-corrected chi connectivity index (χ4v) is 1.13. The summed E-state index contributed by atoms with van der Waals surface area (Å²) in [6, 6.07) is 6.09. The maximum Gasteiger partial charge on any atom is 0.339 e. The van der Waals surface area contributed by atoms with Crippen LogP contribution in [0.4, 0.5) is 10.5 Å². The minimum absolute atomic E-state index is 0.296. The Bertz CT molecular complexity index is 415. The molecule has 0 radical (unpaired) electrons. The molecule has 0 aliphatic rings. The summed E-state index contributed by atoms with van der Waals surface area (Å²) in [5.74, 6) is -0.505. The molecule has 0 aliphatic carbocycles. The standard InChI is InChI=1S/C11H12N2O3/c1-3-12-11(15)13-9-7-5-4-6-8(9)10(14)16-2/h3-7H,1H2,2H3,(H2,12,13,15). The zero-order chi connectivity index (χ0) is 12.0. The number of benzene rings is 1. The summed E-state index contributed by atoms with van der Waals surface area (Å²) >= 11 is 0. The Hall–Kier alpha value is -2.30. The van der Waals surface area contributed by atoms with Gasteiger partial charge in [-0.15, -0.1) is 0 Å². The van der Waals surface area contributed by atoms with Crippen LogP contribution in [0.2, 0.25) is 0 Å². The molecule has 5 nitrogen and oxygen atoms in total. The molecular weight excluding hydrogens is 208 g/mol. The summed E-state index contributed by atoms with van der Waals surface area (Å²) in [7, 11) is 1.28. The summed E-state index contributed by atoms with van der Waals surface area (Å²) in [5.41, 5.74) is 0.679. The molecule has 2 amide bonds. The van der Waals surface area contributed by atoms with E-state index in [9.17, 15) is 9.59 Å². The van der Waals surface area contributed by atoms with Crippen molar-refractivity contribution in [1.29, 1.82) is 0 Å². The van der Waals surface area contributed by atoms with E-state index in [1.807, 2.05) is 0 Å². The zero-order valence-corrected chi connectivity index (χ0v) is 8.82. The number of ether oxygens (including phenoxy) is 1. The highest BCUT2D eigenvalue weighted by molar-refractivity contribution is 6.00. The van der Waals surface area contributed by atoms with Gasteiger partial charge in [0.05, 0.1) is 18.4 Å². The fraction of sp³-hybridized carbons (Fsp3) is 0.0909. The van der Waals surface area contributed by atoms with Gasteiger partial charge in [0, 0.05) is 0 Å². The number of rotatable bonds is 3. The van der Waals surface area contributed by atoms with Crippen molar-refractivity contribution in [3.63, 3.8) is 0 Å². The highest BCUT2D eigenvalue weighted by Gasteiger charge is 2.12. The van der Waals surface area contributed by atoms with E-state index in [-0.39, 0.29) is 0 Å². The number of esters is 1. The van der Waals surface area contributed by atoms with E-state index >= 15 is 0 Å². The van der Waals surface area contributed by atoms with Crippen molar-refractivity contribution in [1.82, 2.24) is 5.32 Å². The van der Waals surface area contributed by atoms with Crippen LogP contribution in [0.3, 0.4) is 0 Å². The molecule has 16 heavy (non-hydrogen) atoms. The Labute approximate surface area is 93.1 Å². The van der Waals surface area contributed by atoms with Gasteiger partial charge >= 0.3 is 12.0 Å². The van der Waals surface area contributed by atoms with Gasteiger partial charge in [-0.2, -0.15) is 0 Å². The van der Waals surface area contributed by atoms with Crippen molar-refractivity contribution in [2.24, 2.45) is 0 Å². The molecule has 84 valence electrons. The summed E-state index contributed by atoms with van der Waals surface area (Å²) in [5, 5.41) is 4.84. The Morgan fingerprint density at radius 1 is 1.38 bits per heavy atom. The SMILES string of the molecule is C=CNC(=O)Nc1ccccc1C(=O)OC. The molecule has 1 rings (SSSR count). The van der Waals surface area contributed by atoms with Crippen molar-refractivity contribution < 1.29 is 14.3 Å². The maximum atomic E-state index is 11.4. The zero-order valence-electron chi connectivity index (χ0n) is 8.82. The van der Waals surface area contributed by atoms with Crippen LogP contribution in [0.1, 0.15) is 10.4 Å². The Morgan fingerprint density at radius 3 is 2.69 bits per heavy atom. The van der Waals surface area contributed by atoms with E-state index < -0.39 is 12.0 Å². The molecule has 5 heteroatoms. The molecule has 0 fully saturated rings. The van der Waals surface area contributed by atoms with Crippen LogP contribution in [-0.2, 0) is 4.74 Å². The predicted octanol–water partition coefficient (Wildman–Crippen LogP) is 1.74. The van der Waals surface area contributed by atoms with Crippen LogP contribution in [-0.4, -0.2) is 19.1 Å². The molecule has 2 N–H and O–H groups in total. The number of anilines is 1. The highest BCUT2D eigenvalue weighted by Crippen LogP contribution is 2.15. The van der Waals surface area contributed by atoms with Crippen molar-refractivity contribution in [3.05, 3.63) is 42.6 Å². The van der Waals surface area contributed by atoms with Crippen molar-refractivity contribution in [3.8, 4) is 0 Å². The first-order chi connectivity index (χ1) is 7.69. The van der Waals surface area contributed by atoms with Gasteiger partial charge < -0.3 is 15.4 Å². The molecule has 0 bridgehead atoms. The van der Waals surface area contributed by atoms with Gasteiger partial charge in [0.15, 0.2) is 0 Å².